The lowest BCUT2D eigenvalue weighted by molar-refractivity contribution is -0.143. The summed E-state index contributed by atoms with van der Waals surface area (Å²) in [6.45, 7) is 3.85. The second-order valence-corrected chi connectivity index (χ2v) is 4.18. The molecule has 0 spiro atoms. The summed E-state index contributed by atoms with van der Waals surface area (Å²) in [5, 5.41) is 13.2. The lowest BCUT2D eigenvalue weighted by Crippen LogP contribution is -2.45. The van der Waals surface area contributed by atoms with Crippen molar-refractivity contribution in [3.8, 4) is 0 Å². The van der Waals surface area contributed by atoms with Crippen molar-refractivity contribution in [2.45, 2.75) is 32.7 Å². The number of nitrogens with one attached hydrogen (secondary N) is 1. The summed E-state index contributed by atoms with van der Waals surface area (Å²) in [6, 6.07) is -0.797. The molecule has 0 rings (SSSR count). The Morgan fingerprint density at radius 2 is 1.94 bits per heavy atom. The molecule has 0 fully saturated rings. The minimum Gasteiger partial charge on any atom is -0.480 e. The molecule has 0 bridgehead atoms. The van der Waals surface area contributed by atoms with E-state index in [2.05, 4.69) is 5.32 Å². The number of aliphatic carboxylic acids is 1. The average molecular weight is 245 g/mol. The number of amides is 1. The van der Waals surface area contributed by atoms with Crippen LogP contribution in [0, 0.1) is 5.92 Å². The maximum absolute atomic E-state index is 11.4. The first-order valence-corrected chi connectivity index (χ1v) is 6.58. The molecule has 1 unspecified atom stereocenters. The fraction of sp³-hybridized carbons (Fsp3) is 0.636. The fourth-order valence-electron chi connectivity index (χ4n) is 1.47. The van der Waals surface area contributed by atoms with E-state index in [0.29, 0.717) is 0 Å². The van der Waals surface area contributed by atoms with E-state index in [4.69, 9.17) is 5.11 Å². The summed E-state index contributed by atoms with van der Waals surface area (Å²) in [7, 11) is 0. The third kappa shape index (κ3) is 5.21. The average Bonchev–Trinajstić information content (AvgIpc) is 2.26. The van der Waals surface area contributed by atoms with Crippen LogP contribution in [-0.2, 0) is 9.59 Å². The van der Waals surface area contributed by atoms with E-state index < -0.39 is 12.0 Å². The maximum Gasteiger partial charge on any atom is 0.326 e. The highest BCUT2D eigenvalue weighted by Gasteiger charge is 2.26. The molecule has 5 heteroatoms. The monoisotopic (exact) mass is 245 g/mol. The lowest BCUT2D eigenvalue weighted by Gasteiger charge is -2.21. The smallest absolute Gasteiger partial charge is 0.326 e. The van der Waals surface area contributed by atoms with E-state index in [9.17, 15) is 9.59 Å². The van der Waals surface area contributed by atoms with Crippen molar-refractivity contribution in [3.63, 3.8) is 0 Å². The van der Waals surface area contributed by atoms with Gasteiger partial charge in [-0.2, -0.15) is 0 Å². The number of carboxylic acids is 1. The Labute approximate surface area is 100 Å². The normalized spacial score (nSPS) is 13.0. The molecule has 0 saturated carbocycles. The van der Waals surface area contributed by atoms with Gasteiger partial charge in [-0.3, -0.25) is 4.79 Å². The third-order valence-electron chi connectivity index (χ3n) is 2.44. The van der Waals surface area contributed by atoms with E-state index in [0.717, 1.165) is 12.8 Å². The maximum atomic E-state index is 11.4. The lowest BCUT2D eigenvalue weighted by atomic mass is 9.94. The minimum absolute atomic E-state index is 0.0240. The number of rotatable bonds is 7. The molecule has 92 valence electrons. The van der Waals surface area contributed by atoms with Crippen molar-refractivity contribution in [2.24, 2.45) is 5.92 Å². The number of hydrogen-bond donors (Lipinski definition) is 2. The van der Waals surface area contributed by atoms with Crippen LogP contribution in [0.25, 0.3) is 0 Å². The van der Waals surface area contributed by atoms with Gasteiger partial charge in [-0.15, -0.1) is 11.8 Å². The van der Waals surface area contributed by atoms with Gasteiger partial charge in [0.05, 0.1) is 0 Å². The number of carbonyl (C=O) groups is 2. The highest BCUT2D eigenvalue weighted by Crippen LogP contribution is 2.13. The number of hydrogen-bond acceptors (Lipinski definition) is 3. The van der Waals surface area contributed by atoms with E-state index in [1.165, 1.54) is 17.8 Å². The van der Waals surface area contributed by atoms with Crippen molar-refractivity contribution in [3.05, 3.63) is 11.5 Å². The zero-order valence-electron chi connectivity index (χ0n) is 9.90. The third-order valence-corrected chi connectivity index (χ3v) is 2.85. The first-order chi connectivity index (χ1) is 7.56. The second kappa shape index (κ2) is 8.21. The van der Waals surface area contributed by atoms with Gasteiger partial charge in [-0.05, 0) is 17.6 Å². The van der Waals surface area contributed by atoms with Crippen LogP contribution in [0.1, 0.15) is 26.7 Å². The molecule has 4 nitrogen and oxygen atoms in total. The Balaban J connectivity index is 4.50. The summed E-state index contributed by atoms with van der Waals surface area (Å²) in [5.41, 5.74) is 0. The molecule has 0 aromatic rings. The Morgan fingerprint density at radius 1 is 1.38 bits per heavy atom. The molecular weight excluding hydrogens is 226 g/mol. The summed E-state index contributed by atoms with van der Waals surface area (Å²) < 4.78 is 0. The number of thioether (sulfide) groups is 1. The molecule has 0 aromatic carbocycles. The molecule has 0 aromatic heterocycles. The van der Waals surface area contributed by atoms with Crippen LogP contribution in [0.4, 0.5) is 0 Å². The molecule has 0 aliphatic rings. The van der Waals surface area contributed by atoms with Gasteiger partial charge in [-0.1, -0.05) is 26.7 Å². The molecular formula is C11H19NO3S. The predicted molar refractivity (Wildman–Crippen MR) is 66.3 cm³/mol. The van der Waals surface area contributed by atoms with Gasteiger partial charge in [-0.25, -0.2) is 4.79 Å². The molecule has 0 radical (unpaired) electrons. The van der Waals surface area contributed by atoms with Crippen LogP contribution in [0.2, 0.25) is 0 Å². The molecule has 0 heterocycles. The first-order valence-electron chi connectivity index (χ1n) is 5.29. The predicted octanol–water partition coefficient (Wildman–Crippen LogP) is 1.87. The summed E-state index contributed by atoms with van der Waals surface area (Å²) in [4.78, 5) is 22.4. The van der Waals surface area contributed by atoms with Gasteiger partial charge in [0, 0.05) is 6.08 Å². The van der Waals surface area contributed by atoms with Crippen molar-refractivity contribution >= 4 is 23.6 Å². The SMILES string of the molecule is CCC(CC)C(NC(=O)/C=C/SC)C(=O)O. The van der Waals surface area contributed by atoms with Crippen LogP contribution in [0.3, 0.4) is 0 Å². The Bertz CT molecular complexity index is 262. The molecule has 1 amide bonds. The Kier molecular flexibility index (Phi) is 7.72. The van der Waals surface area contributed by atoms with E-state index in [1.807, 2.05) is 20.1 Å². The van der Waals surface area contributed by atoms with E-state index in [-0.39, 0.29) is 11.8 Å². The van der Waals surface area contributed by atoms with E-state index >= 15 is 0 Å². The van der Waals surface area contributed by atoms with Crippen LogP contribution < -0.4 is 5.32 Å². The topological polar surface area (TPSA) is 66.4 Å². The summed E-state index contributed by atoms with van der Waals surface area (Å²) in [5.74, 6) is -1.35. The zero-order chi connectivity index (χ0) is 12.6. The van der Waals surface area contributed by atoms with Crippen LogP contribution >= 0.6 is 11.8 Å². The van der Waals surface area contributed by atoms with Gasteiger partial charge in [0.1, 0.15) is 6.04 Å². The highest BCUT2D eigenvalue weighted by molar-refractivity contribution is 8.01. The molecule has 0 aliphatic carbocycles. The quantitative estimate of drug-likeness (QED) is 0.672. The summed E-state index contributed by atoms with van der Waals surface area (Å²) in [6.07, 6.45) is 4.66. The molecule has 1 atom stereocenters. The van der Waals surface area contributed by atoms with Gasteiger partial charge < -0.3 is 10.4 Å². The fourth-order valence-corrected chi connectivity index (χ4v) is 1.73. The van der Waals surface area contributed by atoms with Crippen molar-refractivity contribution in [1.29, 1.82) is 0 Å². The largest absolute Gasteiger partial charge is 0.480 e. The van der Waals surface area contributed by atoms with Crippen LogP contribution in [0.5, 0.6) is 0 Å². The molecule has 2 N–H and O–H groups in total. The van der Waals surface area contributed by atoms with Crippen molar-refractivity contribution in [2.75, 3.05) is 6.26 Å². The van der Waals surface area contributed by atoms with Crippen LogP contribution in [0.15, 0.2) is 11.5 Å². The van der Waals surface area contributed by atoms with Crippen molar-refractivity contribution in [1.82, 2.24) is 5.32 Å². The second-order valence-electron chi connectivity index (χ2n) is 3.44. The molecule has 16 heavy (non-hydrogen) atoms. The van der Waals surface area contributed by atoms with Gasteiger partial charge >= 0.3 is 5.97 Å². The van der Waals surface area contributed by atoms with E-state index in [1.54, 1.807) is 5.41 Å². The first kappa shape index (κ1) is 15.0. The number of carbonyl (C=O) groups excluding carboxylic acids is 1. The summed E-state index contributed by atoms with van der Waals surface area (Å²) >= 11 is 1.40. The van der Waals surface area contributed by atoms with Gasteiger partial charge in [0.15, 0.2) is 0 Å². The van der Waals surface area contributed by atoms with Gasteiger partial charge in [0.2, 0.25) is 5.91 Å². The molecule has 0 saturated heterocycles. The standard InChI is InChI=1S/C11H19NO3S/c1-4-8(5-2)10(11(14)15)12-9(13)6-7-16-3/h6-8,10H,4-5H2,1-3H3,(H,12,13)(H,14,15)/b7-6+. The Morgan fingerprint density at radius 3 is 2.31 bits per heavy atom. The highest BCUT2D eigenvalue weighted by atomic mass is 32.2. The zero-order valence-corrected chi connectivity index (χ0v) is 10.7. The Hall–Kier alpha value is -0.970. The van der Waals surface area contributed by atoms with Crippen molar-refractivity contribution < 1.29 is 14.7 Å². The number of carboxylic acid groups (broad SMARTS) is 1. The van der Waals surface area contributed by atoms with Crippen LogP contribution in [-0.4, -0.2) is 29.3 Å². The minimum atomic E-state index is -0.973. The van der Waals surface area contributed by atoms with Gasteiger partial charge in [0.25, 0.3) is 0 Å². The molecule has 0 aliphatic heterocycles.